The summed E-state index contributed by atoms with van der Waals surface area (Å²) in [5.41, 5.74) is 1.33. The number of hydrogen-bond donors (Lipinski definition) is 1. The molecule has 0 fully saturated rings. The van der Waals surface area contributed by atoms with Crippen LogP contribution in [0.25, 0.3) is 0 Å². The molecule has 0 saturated carbocycles. The number of rotatable bonds is 5. The maximum atomic E-state index is 12.0. The van der Waals surface area contributed by atoms with E-state index in [2.05, 4.69) is 15.3 Å². The highest BCUT2D eigenvalue weighted by Crippen LogP contribution is 2.18. The SMILES string of the molecule is O=C(Nc1nc(COc2ccccc2)cs1)c1ccncc1. The summed E-state index contributed by atoms with van der Waals surface area (Å²) in [6.45, 7) is 0.367. The first-order chi connectivity index (χ1) is 10.8. The van der Waals surface area contributed by atoms with Crippen molar-refractivity contribution in [2.75, 3.05) is 5.32 Å². The molecule has 0 aliphatic carbocycles. The molecule has 0 saturated heterocycles. The van der Waals surface area contributed by atoms with E-state index in [0.717, 1.165) is 11.4 Å². The number of ether oxygens (including phenoxy) is 1. The van der Waals surface area contributed by atoms with Gasteiger partial charge < -0.3 is 4.74 Å². The smallest absolute Gasteiger partial charge is 0.257 e. The maximum Gasteiger partial charge on any atom is 0.257 e. The van der Waals surface area contributed by atoms with Crippen molar-refractivity contribution in [3.8, 4) is 5.75 Å². The second kappa shape index (κ2) is 6.82. The number of thiazole rings is 1. The summed E-state index contributed by atoms with van der Waals surface area (Å²) in [4.78, 5) is 20.2. The summed E-state index contributed by atoms with van der Waals surface area (Å²) in [7, 11) is 0. The molecule has 0 spiro atoms. The van der Waals surface area contributed by atoms with Crippen molar-refractivity contribution in [2.24, 2.45) is 0 Å². The number of carbonyl (C=O) groups is 1. The molecule has 110 valence electrons. The minimum absolute atomic E-state index is 0.202. The lowest BCUT2D eigenvalue weighted by Gasteiger charge is -2.03. The van der Waals surface area contributed by atoms with Gasteiger partial charge in [-0.25, -0.2) is 4.98 Å². The molecule has 3 aromatic rings. The fourth-order valence-corrected chi connectivity index (χ4v) is 2.47. The molecular weight excluding hydrogens is 298 g/mol. The van der Waals surface area contributed by atoms with Crippen molar-refractivity contribution < 1.29 is 9.53 Å². The van der Waals surface area contributed by atoms with Crippen LogP contribution in [0, 0.1) is 0 Å². The molecule has 0 aliphatic heterocycles. The van der Waals surface area contributed by atoms with Gasteiger partial charge in [0.1, 0.15) is 12.4 Å². The first-order valence-electron chi connectivity index (χ1n) is 6.65. The van der Waals surface area contributed by atoms with Gasteiger partial charge >= 0.3 is 0 Å². The molecule has 1 aromatic carbocycles. The van der Waals surface area contributed by atoms with E-state index in [4.69, 9.17) is 4.74 Å². The molecule has 0 aliphatic rings. The summed E-state index contributed by atoms with van der Waals surface area (Å²) in [5, 5.41) is 5.18. The quantitative estimate of drug-likeness (QED) is 0.784. The number of aromatic nitrogens is 2. The van der Waals surface area contributed by atoms with Gasteiger partial charge in [-0.15, -0.1) is 11.3 Å². The van der Waals surface area contributed by atoms with Crippen LogP contribution in [-0.2, 0) is 6.61 Å². The fourth-order valence-electron chi connectivity index (χ4n) is 1.78. The third-order valence-corrected chi connectivity index (χ3v) is 3.65. The fraction of sp³-hybridized carbons (Fsp3) is 0.0625. The summed E-state index contributed by atoms with van der Waals surface area (Å²) < 4.78 is 5.62. The lowest BCUT2D eigenvalue weighted by atomic mass is 10.2. The van der Waals surface area contributed by atoms with Crippen molar-refractivity contribution in [3.05, 3.63) is 71.5 Å². The minimum atomic E-state index is -0.202. The number of benzene rings is 1. The van der Waals surface area contributed by atoms with Crippen LogP contribution in [0.2, 0.25) is 0 Å². The zero-order valence-electron chi connectivity index (χ0n) is 11.6. The lowest BCUT2D eigenvalue weighted by Crippen LogP contribution is -2.11. The molecule has 2 aromatic heterocycles. The molecule has 0 atom stereocenters. The Balaban J connectivity index is 1.58. The molecule has 6 heteroatoms. The van der Waals surface area contributed by atoms with Crippen molar-refractivity contribution in [3.63, 3.8) is 0 Å². The molecular formula is C16H13N3O2S. The number of amides is 1. The summed E-state index contributed by atoms with van der Waals surface area (Å²) >= 11 is 1.37. The van der Waals surface area contributed by atoms with Crippen LogP contribution in [0.15, 0.2) is 60.2 Å². The third-order valence-electron chi connectivity index (χ3n) is 2.84. The molecule has 1 N–H and O–H groups in total. The van der Waals surface area contributed by atoms with Crippen molar-refractivity contribution >= 4 is 22.4 Å². The van der Waals surface area contributed by atoms with Gasteiger partial charge in [0.15, 0.2) is 5.13 Å². The first kappa shape index (κ1) is 14.2. The third kappa shape index (κ3) is 3.67. The zero-order valence-corrected chi connectivity index (χ0v) is 12.4. The van der Waals surface area contributed by atoms with Crippen LogP contribution >= 0.6 is 11.3 Å². The van der Waals surface area contributed by atoms with Crippen LogP contribution in [-0.4, -0.2) is 15.9 Å². The minimum Gasteiger partial charge on any atom is -0.487 e. The number of nitrogens with one attached hydrogen (secondary N) is 1. The van der Waals surface area contributed by atoms with E-state index in [-0.39, 0.29) is 5.91 Å². The normalized spacial score (nSPS) is 10.2. The van der Waals surface area contributed by atoms with Gasteiger partial charge in [-0.05, 0) is 24.3 Å². The Kier molecular flexibility index (Phi) is 4.41. The lowest BCUT2D eigenvalue weighted by molar-refractivity contribution is 0.102. The Morgan fingerprint density at radius 3 is 2.68 bits per heavy atom. The monoisotopic (exact) mass is 311 g/mol. The van der Waals surface area contributed by atoms with Crippen molar-refractivity contribution in [1.82, 2.24) is 9.97 Å². The first-order valence-corrected chi connectivity index (χ1v) is 7.53. The van der Waals surface area contributed by atoms with E-state index in [1.54, 1.807) is 24.5 Å². The Morgan fingerprint density at radius 2 is 1.91 bits per heavy atom. The van der Waals surface area contributed by atoms with Crippen molar-refractivity contribution in [1.29, 1.82) is 0 Å². The Morgan fingerprint density at radius 1 is 1.14 bits per heavy atom. The molecule has 0 unspecified atom stereocenters. The van der Waals surface area contributed by atoms with E-state index >= 15 is 0 Å². The van der Waals surface area contributed by atoms with Gasteiger partial charge in [-0.3, -0.25) is 15.1 Å². The standard InChI is InChI=1S/C16H13N3O2S/c20-15(12-6-8-17-9-7-12)19-16-18-13(11-22-16)10-21-14-4-2-1-3-5-14/h1-9,11H,10H2,(H,18,19,20). The highest BCUT2D eigenvalue weighted by Gasteiger charge is 2.09. The Labute approximate surface area is 131 Å². The van der Waals surface area contributed by atoms with Gasteiger partial charge in [0, 0.05) is 23.3 Å². The Hall–Kier alpha value is -2.73. The highest BCUT2D eigenvalue weighted by atomic mass is 32.1. The maximum absolute atomic E-state index is 12.0. The number of nitrogens with zero attached hydrogens (tertiary/aromatic N) is 2. The van der Waals surface area contributed by atoms with E-state index in [1.807, 2.05) is 35.7 Å². The molecule has 0 bridgehead atoms. The molecule has 1 amide bonds. The van der Waals surface area contributed by atoms with Crippen LogP contribution in [0.4, 0.5) is 5.13 Å². The van der Waals surface area contributed by atoms with Crippen LogP contribution in [0.1, 0.15) is 16.1 Å². The van der Waals surface area contributed by atoms with Crippen LogP contribution in [0.5, 0.6) is 5.75 Å². The number of hydrogen-bond acceptors (Lipinski definition) is 5. The summed E-state index contributed by atoms with van der Waals surface area (Å²) in [6.07, 6.45) is 3.16. The Bertz CT molecular complexity index is 744. The molecule has 2 heterocycles. The van der Waals surface area contributed by atoms with E-state index in [0.29, 0.717) is 17.3 Å². The predicted molar refractivity (Wildman–Crippen MR) is 85.1 cm³/mol. The van der Waals surface area contributed by atoms with E-state index < -0.39 is 0 Å². The van der Waals surface area contributed by atoms with Gasteiger partial charge in [0.2, 0.25) is 0 Å². The van der Waals surface area contributed by atoms with Crippen LogP contribution in [0.3, 0.4) is 0 Å². The van der Waals surface area contributed by atoms with E-state index in [9.17, 15) is 4.79 Å². The topological polar surface area (TPSA) is 64.1 Å². The average Bonchev–Trinajstić information content (AvgIpc) is 3.02. The number of anilines is 1. The second-order valence-corrected chi connectivity index (χ2v) is 5.29. The number of carbonyl (C=O) groups excluding carboxylic acids is 1. The van der Waals surface area contributed by atoms with E-state index in [1.165, 1.54) is 11.3 Å². The van der Waals surface area contributed by atoms with Crippen LogP contribution < -0.4 is 10.1 Å². The number of para-hydroxylation sites is 1. The highest BCUT2D eigenvalue weighted by molar-refractivity contribution is 7.13. The summed E-state index contributed by atoms with van der Waals surface area (Å²) in [6, 6.07) is 12.8. The summed E-state index contributed by atoms with van der Waals surface area (Å²) in [5.74, 6) is 0.588. The second-order valence-electron chi connectivity index (χ2n) is 4.44. The van der Waals surface area contributed by atoms with Gasteiger partial charge in [-0.1, -0.05) is 18.2 Å². The largest absolute Gasteiger partial charge is 0.487 e. The molecule has 3 rings (SSSR count). The molecule has 5 nitrogen and oxygen atoms in total. The number of pyridine rings is 1. The molecule has 22 heavy (non-hydrogen) atoms. The van der Waals surface area contributed by atoms with Gasteiger partial charge in [0.25, 0.3) is 5.91 Å². The molecule has 0 radical (unpaired) electrons. The van der Waals surface area contributed by atoms with Gasteiger partial charge in [-0.2, -0.15) is 0 Å². The zero-order chi connectivity index (χ0) is 15.2. The van der Waals surface area contributed by atoms with Gasteiger partial charge in [0.05, 0.1) is 5.69 Å². The average molecular weight is 311 g/mol. The van der Waals surface area contributed by atoms with Crippen molar-refractivity contribution in [2.45, 2.75) is 6.61 Å². The predicted octanol–water partition coefficient (Wildman–Crippen LogP) is 3.37.